The molecular formula is C14H22N2O2. The van der Waals surface area contributed by atoms with E-state index in [2.05, 4.69) is 24.5 Å². The summed E-state index contributed by atoms with van der Waals surface area (Å²) in [5, 5.41) is 5.71. The van der Waals surface area contributed by atoms with Gasteiger partial charge in [-0.15, -0.1) is 0 Å². The molecule has 100 valence electrons. The Morgan fingerprint density at radius 3 is 2.44 bits per heavy atom. The summed E-state index contributed by atoms with van der Waals surface area (Å²) in [6.45, 7) is 8.08. The van der Waals surface area contributed by atoms with Gasteiger partial charge in [0.25, 0.3) is 0 Å². The van der Waals surface area contributed by atoms with E-state index in [0.717, 1.165) is 17.0 Å². The fourth-order valence-corrected chi connectivity index (χ4v) is 1.50. The number of nitrogens with one attached hydrogen (secondary N) is 2. The van der Waals surface area contributed by atoms with E-state index in [1.165, 1.54) is 0 Å². The van der Waals surface area contributed by atoms with Gasteiger partial charge in [-0.3, -0.25) is 0 Å². The number of carbonyl (C=O) groups excluding carboxylic acids is 1. The van der Waals surface area contributed by atoms with Crippen molar-refractivity contribution in [3.8, 4) is 5.75 Å². The van der Waals surface area contributed by atoms with Gasteiger partial charge in [-0.25, -0.2) is 4.79 Å². The minimum atomic E-state index is -0.180. The Hall–Kier alpha value is -1.71. The minimum absolute atomic E-state index is 0.143. The Bertz CT molecular complexity index is 416. The molecule has 0 heterocycles. The molecule has 0 aliphatic carbocycles. The van der Waals surface area contributed by atoms with Gasteiger partial charge in [0.2, 0.25) is 0 Å². The van der Waals surface area contributed by atoms with Crippen molar-refractivity contribution in [1.29, 1.82) is 0 Å². The number of anilines is 1. The zero-order valence-corrected chi connectivity index (χ0v) is 11.7. The van der Waals surface area contributed by atoms with Crippen LogP contribution in [0.2, 0.25) is 0 Å². The van der Waals surface area contributed by atoms with E-state index in [9.17, 15) is 4.79 Å². The van der Waals surface area contributed by atoms with Crippen LogP contribution < -0.4 is 15.4 Å². The summed E-state index contributed by atoms with van der Waals surface area (Å²) in [5.74, 6) is 1.23. The first kappa shape index (κ1) is 14.4. The Kier molecular flexibility index (Phi) is 5.01. The monoisotopic (exact) mass is 250 g/mol. The number of amides is 2. The van der Waals surface area contributed by atoms with E-state index < -0.39 is 0 Å². The number of hydrogen-bond acceptors (Lipinski definition) is 2. The lowest BCUT2D eigenvalue weighted by Gasteiger charge is -2.18. The van der Waals surface area contributed by atoms with Crippen molar-refractivity contribution >= 4 is 11.7 Å². The highest BCUT2D eigenvalue weighted by Gasteiger charge is 2.10. The van der Waals surface area contributed by atoms with Crippen LogP contribution in [0.25, 0.3) is 0 Å². The SMILES string of the molecule is COc1ccc(NC(=O)NC(C)C(C)C)cc1C. The number of ether oxygens (including phenoxy) is 1. The van der Waals surface area contributed by atoms with Crippen molar-refractivity contribution < 1.29 is 9.53 Å². The van der Waals surface area contributed by atoms with Gasteiger partial charge in [-0.2, -0.15) is 0 Å². The molecule has 2 N–H and O–H groups in total. The normalized spacial score (nSPS) is 12.1. The van der Waals surface area contributed by atoms with E-state index in [0.29, 0.717) is 5.92 Å². The van der Waals surface area contributed by atoms with Crippen LogP contribution in [-0.2, 0) is 0 Å². The fourth-order valence-electron chi connectivity index (χ4n) is 1.50. The standard InChI is InChI=1S/C14H22N2O2/c1-9(2)11(4)15-14(17)16-12-6-7-13(18-5)10(3)8-12/h6-9,11H,1-5H3,(H2,15,16,17). The third-order valence-electron chi connectivity index (χ3n) is 3.01. The summed E-state index contributed by atoms with van der Waals surface area (Å²) in [4.78, 5) is 11.7. The molecule has 4 nitrogen and oxygen atoms in total. The second kappa shape index (κ2) is 6.28. The number of carbonyl (C=O) groups is 1. The molecule has 0 radical (unpaired) electrons. The van der Waals surface area contributed by atoms with Crippen LogP contribution in [0, 0.1) is 12.8 Å². The van der Waals surface area contributed by atoms with Crippen molar-refractivity contribution in [3.05, 3.63) is 23.8 Å². The Balaban J connectivity index is 2.62. The predicted molar refractivity (Wildman–Crippen MR) is 74.2 cm³/mol. The maximum absolute atomic E-state index is 11.7. The second-order valence-electron chi connectivity index (χ2n) is 4.82. The molecule has 18 heavy (non-hydrogen) atoms. The first-order chi connectivity index (χ1) is 8.43. The zero-order valence-electron chi connectivity index (χ0n) is 11.7. The van der Waals surface area contributed by atoms with Crippen LogP contribution in [0.1, 0.15) is 26.3 Å². The fraction of sp³-hybridized carbons (Fsp3) is 0.500. The molecular weight excluding hydrogens is 228 g/mol. The summed E-state index contributed by atoms with van der Waals surface area (Å²) >= 11 is 0. The van der Waals surface area contributed by atoms with Crippen molar-refractivity contribution in [1.82, 2.24) is 5.32 Å². The molecule has 1 aromatic rings. The molecule has 0 bridgehead atoms. The van der Waals surface area contributed by atoms with Crippen LogP contribution >= 0.6 is 0 Å². The van der Waals surface area contributed by atoms with Crippen LogP contribution in [0.5, 0.6) is 5.75 Å². The number of urea groups is 1. The second-order valence-corrected chi connectivity index (χ2v) is 4.82. The molecule has 0 aromatic heterocycles. The molecule has 2 amide bonds. The Labute approximate surface area is 109 Å². The smallest absolute Gasteiger partial charge is 0.319 e. The molecule has 0 aliphatic heterocycles. The molecule has 0 aliphatic rings. The van der Waals surface area contributed by atoms with Gasteiger partial charge in [0, 0.05) is 11.7 Å². The molecule has 0 spiro atoms. The van der Waals surface area contributed by atoms with Crippen LogP contribution in [0.3, 0.4) is 0 Å². The maximum Gasteiger partial charge on any atom is 0.319 e. The molecule has 4 heteroatoms. The lowest BCUT2D eigenvalue weighted by molar-refractivity contribution is 0.246. The van der Waals surface area contributed by atoms with E-state index in [1.54, 1.807) is 7.11 Å². The summed E-state index contributed by atoms with van der Waals surface area (Å²) in [5.41, 5.74) is 1.76. The van der Waals surface area contributed by atoms with Gasteiger partial charge in [0.1, 0.15) is 5.75 Å². The highest BCUT2D eigenvalue weighted by atomic mass is 16.5. The number of rotatable bonds is 4. The Morgan fingerprint density at radius 2 is 1.94 bits per heavy atom. The van der Waals surface area contributed by atoms with Crippen molar-refractivity contribution in [3.63, 3.8) is 0 Å². The molecule has 1 unspecified atom stereocenters. The van der Waals surface area contributed by atoms with Crippen molar-refractivity contribution in [2.24, 2.45) is 5.92 Å². The van der Waals surface area contributed by atoms with Gasteiger partial charge in [0.05, 0.1) is 7.11 Å². The third-order valence-corrected chi connectivity index (χ3v) is 3.01. The third kappa shape index (κ3) is 3.95. The highest BCUT2D eigenvalue weighted by Crippen LogP contribution is 2.21. The van der Waals surface area contributed by atoms with Gasteiger partial charge in [-0.1, -0.05) is 13.8 Å². The number of hydrogen-bond donors (Lipinski definition) is 2. The average molecular weight is 250 g/mol. The summed E-state index contributed by atoms with van der Waals surface area (Å²) < 4.78 is 5.17. The molecule has 0 saturated carbocycles. The first-order valence-corrected chi connectivity index (χ1v) is 6.16. The molecule has 0 fully saturated rings. The lowest BCUT2D eigenvalue weighted by Crippen LogP contribution is -2.38. The molecule has 1 rings (SSSR count). The average Bonchev–Trinajstić information content (AvgIpc) is 2.28. The van der Waals surface area contributed by atoms with E-state index in [1.807, 2.05) is 32.0 Å². The van der Waals surface area contributed by atoms with Crippen molar-refractivity contribution in [2.45, 2.75) is 33.7 Å². The van der Waals surface area contributed by atoms with Gasteiger partial charge >= 0.3 is 6.03 Å². The van der Waals surface area contributed by atoms with Gasteiger partial charge in [-0.05, 0) is 43.5 Å². The molecule has 0 saturated heterocycles. The van der Waals surface area contributed by atoms with Crippen LogP contribution in [-0.4, -0.2) is 19.2 Å². The quantitative estimate of drug-likeness (QED) is 0.862. The summed E-state index contributed by atoms with van der Waals surface area (Å²) in [7, 11) is 1.63. The minimum Gasteiger partial charge on any atom is -0.496 e. The topological polar surface area (TPSA) is 50.4 Å². The van der Waals surface area contributed by atoms with E-state index in [4.69, 9.17) is 4.74 Å². The zero-order chi connectivity index (χ0) is 13.7. The number of aryl methyl sites for hydroxylation is 1. The largest absolute Gasteiger partial charge is 0.496 e. The highest BCUT2D eigenvalue weighted by molar-refractivity contribution is 5.89. The Morgan fingerprint density at radius 1 is 1.28 bits per heavy atom. The number of benzene rings is 1. The van der Waals surface area contributed by atoms with Crippen molar-refractivity contribution in [2.75, 3.05) is 12.4 Å². The van der Waals surface area contributed by atoms with E-state index in [-0.39, 0.29) is 12.1 Å². The van der Waals surface area contributed by atoms with E-state index >= 15 is 0 Å². The predicted octanol–water partition coefficient (Wildman–Crippen LogP) is 3.17. The lowest BCUT2D eigenvalue weighted by atomic mass is 10.1. The summed E-state index contributed by atoms with van der Waals surface area (Å²) in [6.07, 6.45) is 0. The van der Waals surface area contributed by atoms with Crippen LogP contribution in [0.4, 0.5) is 10.5 Å². The summed E-state index contributed by atoms with van der Waals surface area (Å²) in [6, 6.07) is 5.52. The maximum atomic E-state index is 11.7. The van der Waals surface area contributed by atoms with Gasteiger partial charge < -0.3 is 15.4 Å². The first-order valence-electron chi connectivity index (χ1n) is 6.16. The van der Waals surface area contributed by atoms with Gasteiger partial charge in [0.15, 0.2) is 0 Å². The molecule has 1 aromatic carbocycles. The van der Waals surface area contributed by atoms with Crippen LogP contribution in [0.15, 0.2) is 18.2 Å². The molecule has 1 atom stereocenters. The number of methoxy groups -OCH3 is 1.